The SMILES string of the molecule is CCCNC(Cc1ccc(CC)s1)C1Cc2ccccc21. The first-order valence-corrected chi connectivity index (χ1v) is 9.02. The van der Waals surface area contributed by atoms with Gasteiger partial charge in [-0.3, -0.25) is 0 Å². The zero-order valence-electron chi connectivity index (χ0n) is 13.1. The monoisotopic (exact) mass is 299 g/mol. The van der Waals surface area contributed by atoms with Crippen LogP contribution in [0.2, 0.25) is 0 Å². The number of rotatable bonds is 7. The molecule has 0 fully saturated rings. The van der Waals surface area contributed by atoms with E-state index < -0.39 is 0 Å². The molecular weight excluding hydrogens is 274 g/mol. The zero-order valence-corrected chi connectivity index (χ0v) is 13.9. The smallest absolute Gasteiger partial charge is 0.0187 e. The number of thiophene rings is 1. The van der Waals surface area contributed by atoms with Gasteiger partial charge in [0.05, 0.1) is 0 Å². The van der Waals surface area contributed by atoms with Gasteiger partial charge < -0.3 is 5.32 Å². The average molecular weight is 299 g/mol. The lowest BCUT2D eigenvalue weighted by Gasteiger charge is -2.37. The van der Waals surface area contributed by atoms with E-state index in [9.17, 15) is 0 Å². The lowest BCUT2D eigenvalue weighted by molar-refractivity contribution is 0.399. The van der Waals surface area contributed by atoms with E-state index >= 15 is 0 Å². The minimum atomic E-state index is 0.586. The molecule has 0 aliphatic heterocycles. The van der Waals surface area contributed by atoms with E-state index in [0.29, 0.717) is 12.0 Å². The molecule has 1 aromatic carbocycles. The first-order valence-electron chi connectivity index (χ1n) is 8.20. The summed E-state index contributed by atoms with van der Waals surface area (Å²) >= 11 is 1.99. The largest absolute Gasteiger partial charge is 0.313 e. The van der Waals surface area contributed by atoms with Crippen molar-refractivity contribution in [2.75, 3.05) is 6.54 Å². The van der Waals surface area contributed by atoms with Crippen LogP contribution in [0.4, 0.5) is 0 Å². The predicted molar refractivity (Wildman–Crippen MR) is 92.4 cm³/mol. The highest BCUT2D eigenvalue weighted by Gasteiger charge is 2.32. The van der Waals surface area contributed by atoms with Gasteiger partial charge in [0.15, 0.2) is 0 Å². The van der Waals surface area contributed by atoms with Crippen molar-refractivity contribution in [2.45, 2.75) is 51.5 Å². The molecule has 0 saturated carbocycles. The second-order valence-electron chi connectivity index (χ2n) is 6.00. The van der Waals surface area contributed by atoms with E-state index in [1.54, 1.807) is 11.1 Å². The van der Waals surface area contributed by atoms with Crippen LogP contribution in [0.25, 0.3) is 0 Å². The molecule has 2 unspecified atom stereocenters. The standard InChI is InChI=1S/C19H25NS/c1-3-11-20-19(13-16-10-9-15(4-2)21-16)18-12-14-7-5-6-8-17(14)18/h5-10,18-20H,3-4,11-13H2,1-2H3. The molecule has 1 aliphatic carbocycles. The van der Waals surface area contributed by atoms with Crippen LogP contribution in [0.15, 0.2) is 36.4 Å². The summed E-state index contributed by atoms with van der Waals surface area (Å²) < 4.78 is 0. The maximum Gasteiger partial charge on any atom is 0.0187 e. The second kappa shape index (κ2) is 6.76. The first-order chi connectivity index (χ1) is 10.3. The van der Waals surface area contributed by atoms with Crippen molar-refractivity contribution in [3.8, 4) is 0 Å². The Morgan fingerprint density at radius 3 is 2.67 bits per heavy atom. The molecule has 1 aromatic heterocycles. The Hall–Kier alpha value is -1.12. The van der Waals surface area contributed by atoms with Crippen LogP contribution in [0.5, 0.6) is 0 Å². The maximum atomic E-state index is 3.79. The zero-order chi connectivity index (χ0) is 14.7. The summed E-state index contributed by atoms with van der Waals surface area (Å²) in [5.74, 6) is 0.694. The Morgan fingerprint density at radius 2 is 1.95 bits per heavy atom. The van der Waals surface area contributed by atoms with Crippen LogP contribution in [-0.4, -0.2) is 12.6 Å². The molecule has 3 rings (SSSR count). The van der Waals surface area contributed by atoms with Gasteiger partial charge in [0.1, 0.15) is 0 Å². The summed E-state index contributed by atoms with van der Waals surface area (Å²) in [4.78, 5) is 3.04. The molecule has 1 N–H and O–H groups in total. The quantitative estimate of drug-likeness (QED) is 0.790. The second-order valence-corrected chi connectivity index (χ2v) is 7.25. The third-order valence-corrected chi connectivity index (χ3v) is 5.78. The molecule has 0 radical (unpaired) electrons. The number of nitrogens with one attached hydrogen (secondary N) is 1. The molecule has 0 amide bonds. The van der Waals surface area contributed by atoms with Crippen molar-refractivity contribution in [1.82, 2.24) is 5.32 Å². The van der Waals surface area contributed by atoms with Crippen LogP contribution < -0.4 is 5.32 Å². The number of aryl methyl sites for hydroxylation is 1. The third kappa shape index (κ3) is 3.22. The molecule has 2 aromatic rings. The topological polar surface area (TPSA) is 12.0 Å². The fraction of sp³-hybridized carbons (Fsp3) is 0.474. The van der Waals surface area contributed by atoms with E-state index in [1.807, 2.05) is 11.3 Å². The van der Waals surface area contributed by atoms with E-state index in [1.165, 1.54) is 29.0 Å². The van der Waals surface area contributed by atoms with Crippen LogP contribution in [0.1, 0.15) is 47.1 Å². The van der Waals surface area contributed by atoms with Gasteiger partial charge in [-0.05, 0) is 55.5 Å². The van der Waals surface area contributed by atoms with Gasteiger partial charge in [-0.2, -0.15) is 0 Å². The van der Waals surface area contributed by atoms with Crippen molar-refractivity contribution in [3.63, 3.8) is 0 Å². The molecule has 0 spiro atoms. The summed E-state index contributed by atoms with van der Waals surface area (Å²) in [5.41, 5.74) is 3.12. The van der Waals surface area contributed by atoms with Gasteiger partial charge in [0.2, 0.25) is 0 Å². The van der Waals surface area contributed by atoms with Gasteiger partial charge in [-0.25, -0.2) is 0 Å². The first kappa shape index (κ1) is 14.8. The van der Waals surface area contributed by atoms with Crippen LogP contribution in [0, 0.1) is 0 Å². The average Bonchev–Trinajstić information content (AvgIpc) is 2.93. The van der Waals surface area contributed by atoms with Crippen molar-refractivity contribution in [1.29, 1.82) is 0 Å². The Balaban J connectivity index is 1.73. The van der Waals surface area contributed by atoms with Crippen LogP contribution in [-0.2, 0) is 19.3 Å². The normalized spacial score (nSPS) is 18.1. The van der Waals surface area contributed by atoms with Crippen molar-refractivity contribution < 1.29 is 0 Å². The fourth-order valence-electron chi connectivity index (χ4n) is 3.28. The Bertz CT molecular complexity index is 587. The molecule has 0 bridgehead atoms. The van der Waals surface area contributed by atoms with Gasteiger partial charge in [-0.1, -0.05) is 38.1 Å². The fourth-order valence-corrected chi connectivity index (χ4v) is 4.30. The Kier molecular flexibility index (Phi) is 4.77. The molecule has 2 heteroatoms. The predicted octanol–water partition coefficient (Wildman–Crippen LogP) is 4.56. The minimum absolute atomic E-state index is 0.586. The van der Waals surface area contributed by atoms with Gasteiger partial charge >= 0.3 is 0 Å². The Labute approximate surface area is 132 Å². The molecule has 21 heavy (non-hydrogen) atoms. The Morgan fingerprint density at radius 1 is 1.14 bits per heavy atom. The van der Waals surface area contributed by atoms with E-state index in [4.69, 9.17) is 0 Å². The summed E-state index contributed by atoms with van der Waals surface area (Å²) in [6, 6.07) is 14.2. The molecule has 2 atom stereocenters. The highest BCUT2D eigenvalue weighted by atomic mass is 32.1. The van der Waals surface area contributed by atoms with Gasteiger partial charge in [0, 0.05) is 21.7 Å². The van der Waals surface area contributed by atoms with Crippen molar-refractivity contribution in [2.24, 2.45) is 0 Å². The molecule has 1 nitrogen and oxygen atoms in total. The number of hydrogen-bond acceptors (Lipinski definition) is 2. The molecule has 1 heterocycles. The van der Waals surface area contributed by atoms with Crippen LogP contribution in [0.3, 0.4) is 0 Å². The van der Waals surface area contributed by atoms with Crippen molar-refractivity contribution in [3.05, 3.63) is 57.3 Å². The number of hydrogen-bond donors (Lipinski definition) is 1. The highest BCUT2D eigenvalue weighted by Crippen LogP contribution is 2.38. The van der Waals surface area contributed by atoms with Gasteiger partial charge in [-0.15, -0.1) is 11.3 Å². The van der Waals surface area contributed by atoms with Gasteiger partial charge in [0.25, 0.3) is 0 Å². The number of fused-ring (bicyclic) bond motifs is 1. The molecule has 1 aliphatic rings. The molecule has 0 saturated heterocycles. The number of benzene rings is 1. The summed E-state index contributed by atoms with van der Waals surface area (Å²) in [6.45, 7) is 5.61. The summed E-state index contributed by atoms with van der Waals surface area (Å²) in [7, 11) is 0. The van der Waals surface area contributed by atoms with E-state index in [-0.39, 0.29) is 0 Å². The lowest BCUT2D eigenvalue weighted by atomic mass is 9.72. The summed E-state index contributed by atoms with van der Waals surface area (Å²) in [5, 5.41) is 3.79. The maximum absolute atomic E-state index is 3.79. The summed E-state index contributed by atoms with van der Waals surface area (Å²) in [6.07, 6.45) is 4.77. The highest BCUT2D eigenvalue weighted by molar-refractivity contribution is 7.11. The van der Waals surface area contributed by atoms with Crippen molar-refractivity contribution >= 4 is 11.3 Å². The minimum Gasteiger partial charge on any atom is -0.313 e. The van der Waals surface area contributed by atoms with E-state index in [0.717, 1.165) is 13.0 Å². The molecule has 112 valence electrons. The third-order valence-electron chi connectivity index (χ3n) is 4.52. The molecular formula is C19H25NS. The van der Waals surface area contributed by atoms with E-state index in [2.05, 4.69) is 55.6 Å². The lowest BCUT2D eigenvalue weighted by Crippen LogP contribution is -2.41. The van der Waals surface area contributed by atoms with Crippen LogP contribution >= 0.6 is 11.3 Å².